The number of ether oxygens (including phenoxy) is 1. The molecule has 12 nitrogen and oxygen atoms in total. The van der Waals surface area contributed by atoms with Gasteiger partial charge in [-0.05, 0) is 18.9 Å². The van der Waals surface area contributed by atoms with E-state index in [4.69, 9.17) is 23.8 Å². The fourth-order valence-electron chi connectivity index (χ4n) is 2.96. The molecule has 2 fully saturated rings. The molecule has 2 saturated heterocycles. The third-order valence-electron chi connectivity index (χ3n) is 4.17. The third kappa shape index (κ3) is 3.23. The molecule has 2 aliphatic heterocycles. The average Bonchev–Trinajstić information content (AvgIpc) is 2.86. The van der Waals surface area contributed by atoms with Gasteiger partial charge in [-0.3, -0.25) is 27.9 Å². The lowest BCUT2D eigenvalue weighted by atomic mass is 9.93. The van der Waals surface area contributed by atoms with E-state index in [0.29, 0.717) is 6.42 Å². The molecular weight excluding hydrogens is 369 g/mol. The number of hydrogen-bond donors (Lipinski definition) is 1. The Labute approximate surface area is 147 Å². The number of hydrogen-bond acceptors (Lipinski definition) is 8. The van der Waals surface area contributed by atoms with Gasteiger partial charge in [0.2, 0.25) is 0 Å². The van der Waals surface area contributed by atoms with Gasteiger partial charge in [-0.15, -0.1) is 0 Å². The molecule has 0 amide bonds. The van der Waals surface area contributed by atoms with Gasteiger partial charge in [0.05, 0.1) is 13.2 Å². The summed E-state index contributed by atoms with van der Waals surface area (Å²) >= 11 is 0. The highest BCUT2D eigenvalue weighted by Gasteiger charge is 2.60. The predicted molar refractivity (Wildman–Crippen MR) is 87.5 cm³/mol. The van der Waals surface area contributed by atoms with E-state index in [1.165, 1.54) is 13.1 Å². The van der Waals surface area contributed by atoms with E-state index in [1.807, 2.05) is 6.92 Å². The van der Waals surface area contributed by atoms with Crippen LogP contribution >= 0.6 is 7.82 Å². The first-order chi connectivity index (χ1) is 12.3. The average molecular weight is 387 g/mol. The minimum Gasteiger partial charge on any atom is -0.349 e. The quantitative estimate of drug-likeness (QED) is 0.346. The summed E-state index contributed by atoms with van der Waals surface area (Å²) in [5.41, 5.74) is 6.25. The summed E-state index contributed by atoms with van der Waals surface area (Å²) in [6.45, 7) is 3.38. The van der Waals surface area contributed by atoms with Crippen LogP contribution < -0.4 is 11.2 Å². The number of H-pyrrole nitrogens is 1. The molecule has 1 aromatic rings. The van der Waals surface area contributed by atoms with E-state index in [0.717, 1.165) is 10.6 Å². The fraction of sp³-hybridized carbons (Fsp3) is 0.692. The molecule has 0 bridgehead atoms. The van der Waals surface area contributed by atoms with Crippen molar-refractivity contribution >= 4 is 7.82 Å². The van der Waals surface area contributed by atoms with Crippen LogP contribution in [0.25, 0.3) is 10.4 Å². The normalized spacial score (nSPS) is 36.3. The van der Waals surface area contributed by atoms with Gasteiger partial charge in [0.15, 0.2) is 6.23 Å². The molecule has 0 spiro atoms. The Kier molecular flexibility index (Phi) is 5.07. The first-order valence-electron chi connectivity index (χ1n) is 7.93. The number of phosphoric ester groups is 1. The van der Waals surface area contributed by atoms with Gasteiger partial charge in [0.25, 0.3) is 5.56 Å². The van der Waals surface area contributed by atoms with Crippen molar-refractivity contribution in [3.8, 4) is 0 Å². The van der Waals surface area contributed by atoms with E-state index >= 15 is 0 Å². The summed E-state index contributed by atoms with van der Waals surface area (Å²) in [6.07, 6.45) is -0.994. The first kappa shape index (κ1) is 18.8. The smallest absolute Gasteiger partial charge is 0.349 e. The van der Waals surface area contributed by atoms with Crippen molar-refractivity contribution in [2.45, 2.75) is 44.2 Å². The van der Waals surface area contributed by atoms with Crippen LogP contribution in [0.1, 0.15) is 26.5 Å². The minimum absolute atomic E-state index is 0.128. The highest BCUT2D eigenvalue weighted by Crippen LogP contribution is 2.59. The van der Waals surface area contributed by atoms with Gasteiger partial charge < -0.3 is 4.74 Å². The monoisotopic (exact) mass is 387 g/mol. The molecule has 1 aromatic heterocycles. The Morgan fingerprint density at radius 1 is 1.58 bits per heavy atom. The van der Waals surface area contributed by atoms with Crippen LogP contribution in [0.15, 0.2) is 27.0 Å². The number of fused-ring (bicyclic) bond motifs is 1. The van der Waals surface area contributed by atoms with E-state index in [-0.39, 0.29) is 13.2 Å². The minimum atomic E-state index is -3.85. The van der Waals surface area contributed by atoms with Crippen molar-refractivity contribution in [3.63, 3.8) is 0 Å². The van der Waals surface area contributed by atoms with Crippen LogP contribution in [0.5, 0.6) is 0 Å². The molecule has 13 heteroatoms. The van der Waals surface area contributed by atoms with Crippen molar-refractivity contribution in [2.24, 2.45) is 5.11 Å². The molecule has 2 aliphatic rings. The lowest BCUT2D eigenvalue weighted by Gasteiger charge is -2.35. The number of aromatic amines is 1. The van der Waals surface area contributed by atoms with Crippen LogP contribution in [0.3, 0.4) is 0 Å². The number of aromatic nitrogens is 2. The van der Waals surface area contributed by atoms with Crippen molar-refractivity contribution in [1.29, 1.82) is 0 Å². The maximum absolute atomic E-state index is 12.6. The third-order valence-corrected chi connectivity index (χ3v) is 5.62. The topological polar surface area (TPSA) is 158 Å². The van der Waals surface area contributed by atoms with E-state index in [2.05, 4.69) is 15.0 Å². The van der Waals surface area contributed by atoms with Crippen LogP contribution in [0.2, 0.25) is 0 Å². The molecule has 3 rings (SSSR count). The summed E-state index contributed by atoms with van der Waals surface area (Å²) in [4.78, 5) is 28.4. The second kappa shape index (κ2) is 6.99. The highest BCUT2D eigenvalue weighted by atomic mass is 31.2. The van der Waals surface area contributed by atoms with Crippen molar-refractivity contribution in [3.05, 3.63) is 43.5 Å². The fourth-order valence-corrected chi connectivity index (χ4v) is 4.52. The van der Waals surface area contributed by atoms with Crippen LogP contribution in [-0.2, 0) is 22.9 Å². The molecule has 0 aliphatic carbocycles. The summed E-state index contributed by atoms with van der Waals surface area (Å²) < 4.78 is 35.4. The Morgan fingerprint density at radius 2 is 2.35 bits per heavy atom. The molecule has 3 heterocycles. The lowest BCUT2D eigenvalue weighted by molar-refractivity contribution is -0.0722. The van der Waals surface area contributed by atoms with Crippen molar-refractivity contribution in [2.75, 3.05) is 13.2 Å². The van der Waals surface area contributed by atoms with Crippen LogP contribution in [0.4, 0.5) is 0 Å². The zero-order valence-electron chi connectivity index (χ0n) is 14.1. The Bertz CT molecular complexity index is 893. The van der Waals surface area contributed by atoms with Crippen molar-refractivity contribution in [1.82, 2.24) is 9.55 Å². The van der Waals surface area contributed by atoms with Gasteiger partial charge in [-0.25, -0.2) is 9.36 Å². The largest absolute Gasteiger partial charge is 0.475 e. The SMILES string of the molecule is CCCOP1(=O)OC[C@H]2OC(n3ccc(=O)[nH]c3=O)[C@](C)(N=[N+]=[N-])[C@@H]2O1. The summed E-state index contributed by atoms with van der Waals surface area (Å²) in [5, 5.41) is 3.75. The summed E-state index contributed by atoms with van der Waals surface area (Å²) in [7, 11) is -3.85. The Morgan fingerprint density at radius 3 is 3.00 bits per heavy atom. The Hall–Kier alpha value is -1.94. The lowest BCUT2D eigenvalue weighted by Crippen LogP contribution is -2.47. The number of azide groups is 1. The highest BCUT2D eigenvalue weighted by molar-refractivity contribution is 7.48. The molecule has 0 aromatic carbocycles. The van der Waals surface area contributed by atoms with Crippen molar-refractivity contribution < 1.29 is 22.9 Å². The molecular formula is C13H18N5O7P. The van der Waals surface area contributed by atoms with E-state index < -0.39 is 43.0 Å². The van der Waals surface area contributed by atoms with Crippen LogP contribution in [-0.4, -0.2) is 40.5 Å². The zero-order valence-corrected chi connectivity index (χ0v) is 15.0. The zero-order chi connectivity index (χ0) is 18.9. The number of rotatable bonds is 5. The molecule has 142 valence electrons. The van der Waals surface area contributed by atoms with E-state index in [1.54, 1.807) is 0 Å². The van der Waals surface area contributed by atoms with Gasteiger partial charge in [0.1, 0.15) is 17.7 Å². The van der Waals surface area contributed by atoms with Gasteiger partial charge in [-0.1, -0.05) is 12.0 Å². The number of nitrogens with zero attached hydrogens (tertiary/aromatic N) is 4. The second-order valence-corrected chi connectivity index (χ2v) is 7.68. The van der Waals surface area contributed by atoms with Gasteiger partial charge in [0, 0.05) is 17.2 Å². The second-order valence-electron chi connectivity index (χ2n) is 6.06. The Balaban J connectivity index is 2.00. The molecule has 1 N–H and O–H groups in total. The first-order valence-corrected chi connectivity index (χ1v) is 9.40. The predicted octanol–water partition coefficient (Wildman–Crippen LogP) is 1.45. The summed E-state index contributed by atoms with van der Waals surface area (Å²) in [5.74, 6) is 0. The van der Waals surface area contributed by atoms with E-state index in [9.17, 15) is 14.2 Å². The molecule has 0 radical (unpaired) electrons. The summed E-state index contributed by atoms with van der Waals surface area (Å²) in [6, 6.07) is 1.13. The molecule has 0 saturated carbocycles. The van der Waals surface area contributed by atoms with Crippen LogP contribution in [0, 0.1) is 0 Å². The maximum atomic E-state index is 12.6. The number of nitrogens with one attached hydrogen (secondary N) is 1. The maximum Gasteiger partial charge on any atom is 0.475 e. The van der Waals surface area contributed by atoms with Gasteiger partial charge >= 0.3 is 13.5 Å². The molecule has 26 heavy (non-hydrogen) atoms. The molecule has 5 atom stereocenters. The molecule has 2 unspecified atom stereocenters. The number of phosphoric acid groups is 1. The standard InChI is InChI=1S/C13H18N5O7P/c1-3-6-22-26(21)23-7-8-10(25-26)13(2,16-17-14)11(24-8)18-5-4-9(19)15-12(18)20/h4-5,8,10-11H,3,6-7H2,1-2H3,(H,15,19,20)/t8-,10-,11?,13-,26?/m1/s1. The van der Waals surface area contributed by atoms with Gasteiger partial charge in [-0.2, -0.15) is 0 Å².